The maximum absolute atomic E-state index is 11.3. The van der Waals surface area contributed by atoms with Crippen LogP contribution in [0.4, 0.5) is 0 Å². The fourth-order valence-electron chi connectivity index (χ4n) is 4.40. The number of rotatable bonds is 6. The largest absolute Gasteiger partial charge is 0.390 e. The minimum Gasteiger partial charge on any atom is -0.390 e. The predicted octanol–water partition coefficient (Wildman–Crippen LogP) is 1.84. The fourth-order valence-corrected chi connectivity index (χ4v) is 4.60. The van der Waals surface area contributed by atoms with Gasteiger partial charge < -0.3 is 20.5 Å². The summed E-state index contributed by atoms with van der Waals surface area (Å²) in [5.41, 5.74) is 7.11. The second kappa shape index (κ2) is 9.89. The second-order valence-electron chi connectivity index (χ2n) is 8.24. The van der Waals surface area contributed by atoms with Gasteiger partial charge in [-0.05, 0) is 37.2 Å². The van der Waals surface area contributed by atoms with E-state index in [0.29, 0.717) is 35.9 Å². The fraction of sp³-hybridized carbons (Fsp3) is 0.375. The molecule has 1 fully saturated rings. The first kappa shape index (κ1) is 23.2. The first-order valence-corrected chi connectivity index (χ1v) is 11.2. The number of hydrogen-bond donors (Lipinski definition) is 3. The highest BCUT2D eigenvalue weighted by molar-refractivity contribution is 6.33. The van der Waals surface area contributed by atoms with E-state index in [1.165, 1.54) is 6.33 Å². The van der Waals surface area contributed by atoms with Crippen LogP contribution in [0, 0.1) is 17.8 Å². The van der Waals surface area contributed by atoms with Gasteiger partial charge in [-0.3, -0.25) is 9.69 Å². The van der Waals surface area contributed by atoms with E-state index >= 15 is 0 Å². The van der Waals surface area contributed by atoms with Gasteiger partial charge in [0, 0.05) is 29.8 Å². The Morgan fingerprint density at radius 1 is 1.30 bits per heavy atom. The molecule has 0 bridgehead atoms. The molecule has 9 heteroatoms. The number of aliphatic hydroxyl groups is 2. The van der Waals surface area contributed by atoms with Crippen molar-refractivity contribution in [2.24, 2.45) is 11.7 Å². The topological polar surface area (TPSA) is 118 Å². The Balaban J connectivity index is 1.44. The molecular formula is C24H26ClN5O3. The number of carbonyl (C=O) groups excluding carboxylic acids is 1. The van der Waals surface area contributed by atoms with Gasteiger partial charge in [0.05, 0.1) is 24.1 Å². The number of aliphatic hydroxyl groups excluding tert-OH is 2. The van der Waals surface area contributed by atoms with Gasteiger partial charge in [0.1, 0.15) is 23.2 Å². The molecule has 1 aliphatic carbocycles. The maximum atomic E-state index is 11.3. The zero-order valence-electron chi connectivity index (χ0n) is 18.2. The van der Waals surface area contributed by atoms with Crippen molar-refractivity contribution in [2.75, 3.05) is 19.6 Å². The van der Waals surface area contributed by atoms with Gasteiger partial charge >= 0.3 is 0 Å². The number of halogens is 1. The van der Waals surface area contributed by atoms with Crippen LogP contribution in [0.3, 0.4) is 0 Å². The van der Waals surface area contributed by atoms with Crippen molar-refractivity contribution in [1.82, 2.24) is 19.4 Å². The molecule has 2 heterocycles. The molecule has 0 unspecified atom stereocenters. The number of aromatic nitrogens is 3. The lowest BCUT2D eigenvalue weighted by atomic mass is 10.0. The van der Waals surface area contributed by atoms with Crippen LogP contribution in [-0.4, -0.2) is 67.4 Å². The third-order valence-electron chi connectivity index (χ3n) is 6.21. The SMILES string of the molecule is CCN(CC#Cc1cccc(C(N)=O)c1)C[C@H]1C[C@@H](n2ccc3c(Cl)ncnc32)[C@H](O)[C@@H]1O. The molecule has 1 aliphatic rings. The summed E-state index contributed by atoms with van der Waals surface area (Å²) in [5, 5.41) is 22.6. The summed E-state index contributed by atoms with van der Waals surface area (Å²) in [6.07, 6.45) is 2.04. The molecule has 3 aromatic rings. The van der Waals surface area contributed by atoms with E-state index in [-0.39, 0.29) is 12.0 Å². The highest BCUT2D eigenvalue weighted by Crippen LogP contribution is 2.38. The molecule has 4 rings (SSSR count). The second-order valence-corrected chi connectivity index (χ2v) is 8.60. The Morgan fingerprint density at radius 2 is 2.12 bits per heavy atom. The molecule has 0 spiro atoms. The van der Waals surface area contributed by atoms with E-state index in [0.717, 1.165) is 17.5 Å². The van der Waals surface area contributed by atoms with Gasteiger partial charge in [-0.1, -0.05) is 36.4 Å². The molecule has 0 aliphatic heterocycles. The van der Waals surface area contributed by atoms with Crippen LogP contribution < -0.4 is 5.73 Å². The van der Waals surface area contributed by atoms with Crippen LogP contribution in [0.2, 0.25) is 5.15 Å². The molecule has 1 aromatic carbocycles. The monoisotopic (exact) mass is 467 g/mol. The zero-order chi connectivity index (χ0) is 23.5. The van der Waals surface area contributed by atoms with Gasteiger partial charge in [0.2, 0.25) is 5.91 Å². The lowest BCUT2D eigenvalue weighted by Crippen LogP contribution is -2.36. The number of benzene rings is 1. The molecule has 0 saturated heterocycles. The van der Waals surface area contributed by atoms with E-state index < -0.39 is 18.1 Å². The number of nitrogens with zero attached hydrogens (tertiary/aromatic N) is 4. The van der Waals surface area contributed by atoms with Crippen molar-refractivity contribution in [2.45, 2.75) is 31.6 Å². The lowest BCUT2D eigenvalue weighted by molar-refractivity contribution is 0.00133. The molecule has 4 atom stereocenters. The van der Waals surface area contributed by atoms with Gasteiger partial charge in [-0.15, -0.1) is 0 Å². The first-order chi connectivity index (χ1) is 15.9. The summed E-state index contributed by atoms with van der Waals surface area (Å²) in [6, 6.07) is 8.42. The Bertz CT molecular complexity index is 1220. The van der Waals surface area contributed by atoms with Crippen LogP contribution in [0.5, 0.6) is 0 Å². The summed E-state index contributed by atoms with van der Waals surface area (Å²) in [6.45, 7) is 3.87. The normalized spacial score (nSPS) is 22.5. The zero-order valence-corrected chi connectivity index (χ0v) is 19.0. The van der Waals surface area contributed by atoms with Crippen molar-refractivity contribution in [3.8, 4) is 11.8 Å². The van der Waals surface area contributed by atoms with Crippen LogP contribution >= 0.6 is 11.6 Å². The molecule has 172 valence electrons. The number of nitrogens with two attached hydrogens (primary N) is 1. The van der Waals surface area contributed by atoms with Crippen LogP contribution in [0.1, 0.15) is 35.3 Å². The average Bonchev–Trinajstić information content (AvgIpc) is 3.36. The first-order valence-electron chi connectivity index (χ1n) is 10.8. The molecular weight excluding hydrogens is 442 g/mol. The average molecular weight is 468 g/mol. The highest BCUT2D eigenvalue weighted by Gasteiger charge is 2.43. The predicted molar refractivity (Wildman–Crippen MR) is 126 cm³/mol. The van der Waals surface area contributed by atoms with E-state index in [1.54, 1.807) is 18.2 Å². The third kappa shape index (κ3) is 4.87. The van der Waals surface area contributed by atoms with Gasteiger partial charge in [-0.25, -0.2) is 9.97 Å². The van der Waals surface area contributed by atoms with E-state index in [2.05, 4.69) is 26.7 Å². The van der Waals surface area contributed by atoms with Crippen LogP contribution in [-0.2, 0) is 0 Å². The highest BCUT2D eigenvalue weighted by atomic mass is 35.5. The van der Waals surface area contributed by atoms with E-state index in [1.807, 2.05) is 29.8 Å². The number of carbonyl (C=O) groups is 1. The summed E-state index contributed by atoms with van der Waals surface area (Å²) in [5.74, 6) is 5.58. The number of hydrogen-bond acceptors (Lipinski definition) is 6. The van der Waals surface area contributed by atoms with E-state index in [9.17, 15) is 15.0 Å². The Morgan fingerprint density at radius 3 is 2.88 bits per heavy atom. The standard InChI is InChI=1S/C24H26ClN5O3/c1-2-29(9-4-6-15-5-3-7-16(11-15)23(26)33)13-17-12-19(21(32)20(17)31)30-10-8-18-22(25)27-14-28-24(18)30/h3,5,7-8,10-11,14,17,19-21,31-32H,2,9,12-13H2,1H3,(H2,26,33)/t17-,19-,20-,21+/m1/s1. The summed E-state index contributed by atoms with van der Waals surface area (Å²) in [7, 11) is 0. The van der Waals surface area contributed by atoms with Crippen molar-refractivity contribution >= 4 is 28.5 Å². The van der Waals surface area contributed by atoms with E-state index in [4.69, 9.17) is 17.3 Å². The molecule has 33 heavy (non-hydrogen) atoms. The molecule has 1 amide bonds. The van der Waals surface area contributed by atoms with Crippen molar-refractivity contribution in [3.63, 3.8) is 0 Å². The lowest BCUT2D eigenvalue weighted by Gasteiger charge is -2.24. The Labute approximate surface area is 197 Å². The molecule has 1 saturated carbocycles. The van der Waals surface area contributed by atoms with Gasteiger partial charge in [-0.2, -0.15) is 0 Å². The number of primary amides is 1. The maximum Gasteiger partial charge on any atom is 0.248 e. The van der Waals surface area contributed by atoms with Crippen molar-refractivity contribution in [3.05, 3.63) is 59.1 Å². The number of amides is 1. The quantitative estimate of drug-likeness (QED) is 0.376. The molecule has 2 aromatic heterocycles. The van der Waals surface area contributed by atoms with Crippen LogP contribution in [0.25, 0.3) is 11.0 Å². The molecule has 0 radical (unpaired) electrons. The van der Waals surface area contributed by atoms with Crippen LogP contribution in [0.15, 0.2) is 42.9 Å². The van der Waals surface area contributed by atoms with Crippen molar-refractivity contribution in [1.29, 1.82) is 0 Å². The molecule has 8 nitrogen and oxygen atoms in total. The summed E-state index contributed by atoms with van der Waals surface area (Å²) >= 11 is 6.16. The minimum absolute atomic E-state index is 0.125. The van der Waals surface area contributed by atoms with Gasteiger partial charge in [0.25, 0.3) is 0 Å². The molecule has 4 N–H and O–H groups in total. The number of fused-ring (bicyclic) bond motifs is 1. The minimum atomic E-state index is -0.916. The summed E-state index contributed by atoms with van der Waals surface area (Å²) < 4.78 is 1.87. The van der Waals surface area contributed by atoms with Crippen molar-refractivity contribution < 1.29 is 15.0 Å². The Hall–Kier alpha value is -2.96. The third-order valence-corrected chi connectivity index (χ3v) is 6.51. The Kier molecular flexibility index (Phi) is 6.96. The summed E-state index contributed by atoms with van der Waals surface area (Å²) in [4.78, 5) is 21.8. The smallest absolute Gasteiger partial charge is 0.248 e. The van der Waals surface area contributed by atoms with Gasteiger partial charge in [0.15, 0.2) is 0 Å².